The lowest BCUT2D eigenvalue weighted by Crippen LogP contribution is -2.29. The number of carbonyl (C=O) groups excluding carboxylic acids is 2. The predicted octanol–water partition coefficient (Wildman–Crippen LogP) is 3.33. The Bertz CT molecular complexity index is 519. The summed E-state index contributed by atoms with van der Waals surface area (Å²) in [7, 11) is -3.16. The number of hydrogen-bond donors (Lipinski definition) is 0. The molecule has 0 radical (unpaired) electrons. The van der Waals surface area contributed by atoms with Crippen molar-refractivity contribution in [2.45, 2.75) is 40.5 Å². The quantitative estimate of drug-likeness (QED) is 0.328. The highest BCUT2D eigenvalue weighted by Crippen LogP contribution is 2.51. The van der Waals surface area contributed by atoms with E-state index in [4.69, 9.17) is 18.5 Å². The van der Waals surface area contributed by atoms with Crippen molar-refractivity contribution >= 4 is 19.5 Å². The molecule has 0 saturated heterocycles. The predicted molar refractivity (Wildman–Crippen MR) is 93.3 cm³/mol. The molecule has 0 aliphatic heterocycles. The lowest BCUT2D eigenvalue weighted by molar-refractivity contribution is -0.147. The molecule has 0 aromatic carbocycles. The van der Waals surface area contributed by atoms with Crippen molar-refractivity contribution in [1.29, 1.82) is 0 Å². The van der Waals surface area contributed by atoms with Crippen molar-refractivity contribution < 1.29 is 32.7 Å². The Morgan fingerprint density at radius 1 is 1.04 bits per heavy atom. The second-order valence-corrected chi connectivity index (χ2v) is 8.09. The molecule has 0 saturated carbocycles. The van der Waals surface area contributed by atoms with Crippen molar-refractivity contribution in [3.05, 3.63) is 11.6 Å². The smallest absolute Gasteiger partial charge is 0.334 e. The van der Waals surface area contributed by atoms with E-state index in [1.165, 1.54) is 13.8 Å². The average Bonchev–Trinajstić information content (AvgIpc) is 2.52. The first-order valence-corrected chi connectivity index (χ1v) is 10.3. The third-order valence-electron chi connectivity index (χ3n) is 3.95. The molecular weight excluding hydrogens is 347 g/mol. The topological polar surface area (TPSA) is 88.1 Å². The van der Waals surface area contributed by atoms with E-state index in [0.717, 1.165) is 5.57 Å². The van der Waals surface area contributed by atoms with Gasteiger partial charge in [0.1, 0.15) is 0 Å². The molecule has 0 amide bonds. The Morgan fingerprint density at radius 2 is 1.56 bits per heavy atom. The molecular formula is C17H29O7P. The molecule has 0 fully saturated rings. The first-order valence-electron chi connectivity index (χ1n) is 8.62. The van der Waals surface area contributed by atoms with Crippen LogP contribution in [-0.2, 0) is 32.7 Å². The van der Waals surface area contributed by atoms with Gasteiger partial charge in [-0.3, -0.25) is 14.2 Å². The molecule has 1 aliphatic rings. The summed E-state index contributed by atoms with van der Waals surface area (Å²) >= 11 is 0. The fourth-order valence-corrected chi connectivity index (χ4v) is 4.64. The van der Waals surface area contributed by atoms with Crippen molar-refractivity contribution in [1.82, 2.24) is 0 Å². The number of rotatable bonds is 10. The van der Waals surface area contributed by atoms with Crippen molar-refractivity contribution in [2.75, 3.05) is 32.6 Å². The highest BCUT2D eigenvalue weighted by molar-refractivity contribution is 7.54. The van der Waals surface area contributed by atoms with Gasteiger partial charge in [-0.05, 0) is 26.7 Å². The van der Waals surface area contributed by atoms with Gasteiger partial charge in [0.2, 0.25) is 0 Å². The summed E-state index contributed by atoms with van der Waals surface area (Å²) in [6, 6.07) is 0. The van der Waals surface area contributed by atoms with E-state index >= 15 is 0 Å². The summed E-state index contributed by atoms with van der Waals surface area (Å²) in [5, 5.41) is 0. The molecule has 0 unspecified atom stereocenters. The monoisotopic (exact) mass is 376 g/mol. The minimum absolute atomic E-state index is 0.0000435. The summed E-state index contributed by atoms with van der Waals surface area (Å²) < 4.78 is 33.7. The first-order chi connectivity index (χ1) is 11.8. The second kappa shape index (κ2) is 10.7. The maximum Gasteiger partial charge on any atom is 0.334 e. The molecule has 0 aromatic rings. The largest absolute Gasteiger partial charge is 0.466 e. The summed E-state index contributed by atoms with van der Waals surface area (Å²) in [6.07, 6.45) is 3.49. The Balaban J connectivity index is 2.80. The molecule has 0 bridgehead atoms. The average molecular weight is 376 g/mol. The maximum absolute atomic E-state index is 12.7. The standard InChI is InChI=1S/C17H29O7P/c1-5-23-25(20,24-6-2)12-15-7-8-16(10-21-13(3)18)17(9-15)11-22-14(4)19/h7,16-17H,5-6,8-12H2,1-4H3/t16-,17-/m0/s1. The lowest BCUT2D eigenvalue weighted by atomic mass is 9.81. The van der Waals surface area contributed by atoms with Gasteiger partial charge in [0.25, 0.3) is 0 Å². The fraction of sp³-hybridized carbons (Fsp3) is 0.765. The summed E-state index contributed by atoms with van der Waals surface area (Å²) in [4.78, 5) is 22.2. The Labute approximate surface area is 149 Å². The molecule has 0 aromatic heterocycles. The molecule has 0 heterocycles. The molecule has 2 atom stereocenters. The van der Waals surface area contributed by atoms with Crippen LogP contribution in [0.25, 0.3) is 0 Å². The normalized spacial score (nSPS) is 20.7. The van der Waals surface area contributed by atoms with Gasteiger partial charge in [0.15, 0.2) is 0 Å². The third kappa shape index (κ3) is 8.17. The first kappa shape index (κ1) is 21.9. The highest BCUT2D eigenvalue weighted by Gasteiger charge is 2.32. The lowest BCUT2D eigenvalue weighted by Gasteiger charge is -2.31. The van der Waals surface area contributed by atoms with Crippen LogP contribution >= 0.6 is 7.60 Å². The zero-order chi connectivity index (χ0) is 18.9. The molecule has 0 N–H and O–H groups in total. The zero-order valence-corrected chi connectivity index (χ0v) is 16.4. The van der Waals surface area contributed by atoms with Gasteiger partial charge < -0.3 is 18.5 Å². The second-order valence-electron chi connectivity index (χ2n) is 6.03. The summed E-state index contributed by atoms with van der Waals surface area (Å²) in [6.45, 7) is 7.43. The van der Waals surface area contributed by atoms with Crippen molar-refractivity contribution in [2.24, 2.45) is 11.8 Å². The number of hydrogen-bond acceptors (Lipinski definition) is 7. The molecule has 144 valence electrons. The maximum atomic E-state index is 12.7. The molecule has 7 nitrogen and oxygen atoms in total. The Hall–Kier alpha value is -1.17. The summed E-state index contributed by atoms with van der Waals surface area (Å²) in [5.41, 5.74) is 0.960. The van der Waals surface area contributed by atoms with E-state index in [0.29, 0.717) is 26.1 Å². The van der Waals surface area contributed by atoms with Gasteiger partial charge in [-0.15, -0.1) is 0 Å². The molecule has 1 aliphatic carbocycles. The number of ether oxygens (including phenoxy) is 2. The van der Waals surface area contributed by atoms with Gasteiger partial charge in [-0.2, -0.15) is 0 Å². The van der Waals surface area contributed by atoms with E-state index in [2.05, 4.69) is 0 Å². The fourth-order valence-electron chi connectivity index (χ4n) is 2.84. The van der Waals surface area contributed by atoms with E-state index < -0.39 is 7.60 Å². The van der Waals surface area contributed by atoms with Crippen LogP contribution in [0.4, 0.5) is 0 Å². The number of esters is 2. The Kier molecular flexibility index (Phi) is 9.39. The highest BCUT2D eigenvalue weighted by atomic mass is 31.2. The van der Waals surface area contributed by atoms with Crippen molar-refractivity contribution in [3.63, 3.8) is 0 Å². The zero-order valence-electron chi connectivity index (χ0n) is 15.5. The van der Waals surface area contributed by atoms with E-state index in [1.54, 1.807) is 13.8 Å². The van der Waals surface area contributed by atoms with Gasteiger partial charge in [-0.1, -0.05) is 11.6 Å². The van der Waals surface area contributed by atoms with Gasteiger partial charge in [0.05, 0.1) is 32.6 Å². The molecule has 0 spiro atoms. The van der Waals surface area contributed by atoms with Gasteiger partial charge >= 0.3 is 19.5 Å². The van der Waals surface area contributed by atoms with Crippen molar-refractivity contribution in [3.8, 4) is 0 Å². The number of allylic oxidation sites excluding steroid dienone is 2. The van der Waals surface area contributed by atoms with Crippen LogP contribution in [0, 0.1) is 11.8 Å². The molecule has 8 heteroatoms. The van der Waals surface area contributed by atoms with Gasteiger partial charge in [0, 0.05) is 25.7 Å². The van der Waals surface area contributed by atoms with E-state index in [-0.39, 0.29) is 43.2 Å². The SMILES string of the molecule is CCOP(=O)(CC1=CC[C@@H](COC(C)=O)[C@H](COC(C)=O)C1)OCC. The molecule has 25 heavy (non-hydrogen) atoms. The van der Waals surface area contributed by atoms with Crippen LogP contribution in [0.1, 0.15) is 40.5 Å². The van der Waals surface area contributed by atoms with Crippen LogP contribution in [0.3, 0.4) is 0 Å². The van der Waals surface area contributed by atoms with Crippen LogP contribution in [0.2, 0.25) is 0 Å². The number of carbonyl (C=O) groups is 2. The van der Waals surface area contributed by atoms with E-state index in [1.807, 2.05) is 6.08 Å². The minimum atomic E-state index is -3.16. The minimum Gasteiger partial charge on any atom is -0.466 e. The summed E-state index contributed by atoms with van der Waals surface area (Å²) in [5.74, 6) is -0.625. The Morgan fingerprint density at radius 3 is 2.04 bits per heavy atom. The third-order valence-corrected chi connectivity index (χ3v) is 6.05. The molecule has 1 rings (SSSR count). The van der Waals surface area contributed by atoms with Crippen LogP contribution in [0.5, 0.6) is 0 Å². The van der Waals surface area contributed by atoms with Crippen LogP contribution < -0.4 is 0 Å². The van der Waals surface area contributed by atoms with Gasteiger partial charge in [-0.25, -0.2) is 0 Å². The van der Waals surface area contributed by atoms with Crippen LogP contribution in [0.15, 0.2) is 11.6 Å². The van der Waals surface area contributed by atoms with E-state index in [9.17, 15) is 14.2 Å². The van der Waals surface area contributed by atoms with Crippen LogP contribution in [-0.4, -0.2) is 44.5 Å².